The highest BCUT2D eigenvalue weighted by molar-refractivity contribution is 6.09. The van der Waals surface area contributed by atoms with Crippen molar-refractivity contribution in [3.8, 4) is 0 Å². The number of rotatable bonds is 5. The van der Waals surface area contributed by atoms with Crippen LogP contribution >= 0.6 is 0 Å². The molecule has 0 unspecified atom stereocenters. The fourth-order valence-corrected chi connectivity index (χ4v) is 2.71. The van der Waals surface area contributed by atoms with Gasteiger partial charge in [0.15, 0.2) is 0 Å². The third kappa shape index (κ3) is 2.64. The summed E-state index contributed by atoms with van der Waals surface area (Å²) >= 11 is 0. The zero-order valence-corrected chi connectivity index (χ0v) is 12.6. The number of fused-ring (bicyclic) bond motifs is 3. The van der Waals surface area contributed by atoms with Crippen molar-refractivity contribution in [2.24, 2.45) is 12.1 Å². The Kier molecular flexibility index (Phi) is 3.91. The molecule has 0 aliphatic heterocycles. The van der Waals surface area contributed by atoms with Crippen molar-refractivity contribution >= 4 is 28.0 Å². The second-order valence-electron chi connectivity index (χ2n) is 5.37. The molecule has 1 aromatic heterocycles. The molecule has 0 aliphatic rings. The number of nitrogens with zero attached hydrogens (tertiary/aromatic N) is 2. The predicted octanol–water partition coefficient (Wildman–Crippen LogP) is 4.06. The molecular weight excluding hydrogens is 258 g/mol. The average molecular weight is 279 g/mol. The minimum Gasteiger partial charge on any atom is -0.344 e. The Balaban J connectivity index is 1.94. The summed E-state index contributed by atoms with van der Waals surface area (Å²) in [5.41, 5.74) is 6.74. The Labute approximate surface area is 125 Å². The first-order valence-electron chi connectivity index (χ1n) is 7.54. The van der Waals surface area contributed by atoms with Gasteiger partial charge in [-0.3, -0.25) is 0 Å². The van der Waals surface area contributed by atoms with Crippen LogP contribution in [0.3, 0.4) is 0 Å². The second kappa shape index (κ2) is 6.00. The van der Waals surface area contributed by atoms with Gasteiger partial charge in [0.1, 0.15) is 0 Å². The largest absolute Gasteiger partial charge is 0.344 e. The van der Waals surface area contributed by atoms with Gasteiger partial charge in [-0.25, -0.2) is 0 Å². The van der Waals surface area contributed by atoms with E-state index in [-0.39, 0.29) is 0 Å². The van der Waals surface area contributed by atoms with E-state index in [1.807, 2.05) is 6.21 Å². The van der Waals surface area contributed by atoms with Gasteiger partial charge >= 0.3 is 0 Å². The summed E-state index contributed by atoms with van der Waals surface area (Å²) in [4.78, 5) is 0. The van der Waals surface area contributed by atoms with Crippen molar-refractivity contribution in [1.29, 1.82) is 0 Å². The van der Waals surface area contributed by atoms with Crippen LogP contribution in [-0.4, -0.2) is 17.3 Å². The maximum Gasteiger partial charge on any atom is 0.0540 e. The van der Waals surface area contributed by atoms with Crippen molar-refractivity contribution in [1.82, 2.24) is 9.99 Å². The number of para-hydroxylation sites is 1. The summed E-state index contributed by atoms with van der Waals surface area (Å²) < 4.78 is 2.24. The Morgan fingerprint density at radius 3 is 2.76 bits per heavy atom. The van der Waals surface area contributed by atoms with Crippen molar-refractivity contribution < 1.29 is 0 Å². The lowest BCUT2D eigenvalue weighted by Crippen LogP contribution is -2.07. The Morgan fingerprint density at radius 2 is 1.90 bits per heavy atom. The van der Waals surface area contributed by atoms with Crippen LogP contribution in [0.2, 0.25) is 0 Å². The number of nitrogens with one attached hydrogen (secondary N) is 1. The summed E-state index contributed by atoms with van der Waals surface area (Å²) in [6.07, 6.45) is 4.24. The normalized spacial score (nSPS) is 11.7. The van der Waals surface area contributed by atoms with E-state index in [0.717, 1.165) is 18.5 Å². The quantitative estimate of drug-likeness (QED) is 0.426. The van der Waals surface area contributed by atoms with E-state index in [0.29, 0.717) is 0 Å². The fraction of sp³-hybridized carbons (Fsp3) is 0.278. The van der Waals surface area contributed by atoms with Crippen molar-refractivity contribution in [3.63, 3.8) is 0 Å². The highest BCUT2D eigenvalue weighted by Crippen LogP contribution is 2.28. The van der Waals surface area contributed by atoms with Crippen molar-refractivity contribution in [2.45, 2.75) is 19.8 Å². The lowest BCUT2D eigenvalue weighted by atomic mass is 10.1. The van der Waals surface area contributed by atoms with E-state index in [1.54, 1.807) is 0 Å². The lowest BCUT2D eigenvalue weighted by molar-refractivity contribution is 0.674. The summed E-state index contributed by atoms with van der Waals surface area (Å²) in [7, 11) is 2.12. The van der Waals surface area contributed by atoms with Crippen LogP contribution in [0.1, 0.15) is 25.3 Å². The molecule has 0 atom stereocenters. The minimum atomic E-state index is 0.934. The van der Waals surface area contributed by atoms with E-state index in [9.17, 15) is 0 Å². The highest BCUT2D eigenvalue weighted by Gasteiger charge is 2.07. The molecule has 3 nitrogen and oxygen atoms in total. The van der Waals surface area contributed by atoms with E-state index in [2.05, 4.69) is 71.5 Å². The number of hydrogen-bond acceptors (Lipinski definition) is 2. The average Bonchev–Trinajstić information content (AvgIpc) is 2.81. The first-order valence-corrected chi connectivity index (χ1v) is 7.54. The van der Waals surface area contributed by atoms with Crippen LogP contribution in [0.5, 0.6) is 0 Å². The van der Waals surface area contributed by atoms with Gasteiger partial charge in [-0.05, 0) is 30.2 Å². The van der Waals surface area contributed by atoms with Gasteiger partial charge in [-0.2, -0.15) is 5.10 Å². The number of aryl methyl sites for hydroxylation is 1. The molecular formula is C18H21N3. The van der Waals surface area contributed by atoms with E-state index in [1.165, 1.54) is 28.2 Å². The standard InChI is InChI=1S/C18H21N3/c1-3-4-11-19-20-13-14-9-10-18-16(12-14)15-7-5-6-8-17(15)21(18)2/h5-10,12-13,19H,3-4,11H2,1-2H3. The number of hydrogen-bond donors (Lipinski definition) is 1. The number of unbranched alkanes of at least 4 members (excludes halogenated alkanes) is 1. The molecule has 21 heavy (non-hydrogen) atoms. The number of aromatic nitrogens is 1. The summed E-state index contributed by atoms with van der Waals surface area (Å²) in [5, 5.41) is 6.87. The summed E-state index contributed by atoms with van der Waals surface area (Å²) in [6.45, 7) is 3.11. The minimum absolute atomic E-state index is 0.934. The number of hydrazone groups is 1. The lowest BCUT2D eigenvalue weighted by Gasteiger charge is -1.99. The van der Waals surface area contributed by atoms with Crippen LogP contribution in [0.15, 0.2) is 47.6 Å². The van der Waals surface area contributed by atoms with Crippen molar-refractivity contribution in [3.05, 3.63) is 48.0 Å². The zero-order chi connectivity index (χ0) is 14.7. The van der Waals surface area contributed by atoms with Gasteiger partial charge in [0, 0.05) is 35.4 Å². The molecule has 3 aromatic rings. The van der Waals surface area contributed by atoms with E-state index >= 15 is 0 Å². The molecule has 108 valence electrons. The first-order chi connectivity index (χ1) is 10.3. The molecule has 3 rings (SSSR count). The molecule has 0 bridgehead atoms. The van der Waals surface area contributed by atoms with Crippen LogP contribution in [0, 0.1) is 0 Å². The SMILES string of the molecule is CCCCNN=Cc1ccc2c(c1)c1ccccc1n2C. The van der Waals surface area contributed by atoms with Crippen LogP contribution < -0.4 is 5.43 Å². The highest BCUT2D eigenvalue weighted by atomic mass is 15.3. The zero-order valence-electron chi connectivity index (χ0n) is 12.6. The van der Waals surface area contributed by atoms with E-state index < -0.39 is 0 Å². The number of benzene rings is 2. The third-order valence-corrected chi connectivity index (χ3v) is 3.88. The fourth-order valence-electron chi connectivity index (χ4n) is 2.71. The second-order valence-corrected chi connectivity index (χ2v) is 5.37. The van der Waals surface area contributed by atoms with Gasteiger partial charge in [0.2, 0.25) is 0 Å². The smallest absolute Gasteiger partial charge is 0.0540 e. The molecule has 2 aromatic carbocycles. The molecule has 0 spiro atoms. The van der Waals surface area contributed by atoms with Crippen molar-refractivity contribution in [2.75, 3.05) is 6.54 Å². The molecule has 1 heterocycles. The Morgan fingerprint density at radius 1 is 1.10 bits per heavy atom. The monoisotopic (exact) mass is 279 g/mol. The van der Waals surface area contributed by atoms with Crippen LogP contribution in [0.4, 0.5) is 0 Å². The molecule has 0 saturated carbocycles. The maximum atomic E-state index is 4.29. The summed E-state index contributed by atoms with van der Waals surface area (Å²) in [6, 6.07) is 15.0. The van der Waals surface area contributed by atoms with Gasteiger partial charge in [0.25, 0.3) is 0 Å². The van der Waals surface area contributed by atoms with Gasteiger partial charge in [-0.1, -0.05) is 37.6 Å². The van der Waals surface area contributed by atoms with Crippen LogP contribution in [0.25, 0.3) is 21.8 Å². The first kappa shape index (κ1) is 13.7. The van der Waals surface area contributed by atoms with E-state index in [4.69, 9.17) is 0 Å². The molecule has 0 aliphatic carbocycles. The molecule has 3 heteroatoms. The Bertz CT molecular complexity index is 784. The Hall–Kier alpha value is -2.29. The maximum absolute atomic E-state index is 4.29. The van der Waals surface area contributed by atoms with Gasteiger partial charge in [-0.15, -0.1) is 0 Å². The van der Waals surface area contributed by atoms with Gasteiger partial charge < -0.3 is 9.99 Å². The molecule has 0 amide bonds. The molecule has 0 fully saturated rings. The molecule has 0 radical (unpaired) electrons. The topological polar surface area (TPSA) is 29.3 Å². The van der Waals surface area contributed by atoms with Crippen LogP contribution in [-0.2, 0) is 7.05 Å². The molecule has 1 N–H and O–H groups in total. The molecule has 0 saturated heterocycles. The summed E-state index contributed by atoms with van der Waals surface area (Å²) in [5.74, 6) is 0. The predicted molar refractivity (Wildman–Crippen MR) is 90.9 cm³/mol. The third-order valence-electron chi connectivity index (χ3n) is 3.88. The van der Waals surface area contributed by atoms with Gasteiger partial charge in [0.05, 0.1) is 6.21 Å².